The largest absolute Gasteiger partial charge is 0.373 e. The third-order valence-corrected chi connectivity index (χ3v) is 6.25. The van der Waals surface area contributed by atoms with E-state index in [2.05, 4.69) is 47.7 Å². The molecule has 27 heavy (non-hydrogen) atoms. The van der Waals surface area contributed by atoms with Crippen molar-refractivity contribution in [2.75, 3.05) is 19.6 Å². The van der Waals surface area contributed by atoms with Gasteiger partial charge in [-0.2, -0.15) is 11.3 Å². The van der Waals surface area contributed by atoms with Gasteiger partial charge in [0, 0.05) is 31.7 Å². The summed E-state index contributed by atoms with van der Waals surface area (Å²) < 4.78 is 5.81. The summed E-state index contributed by atoms with van der Waals surface area (Å²) in [5.41, 5.74) is 3.33. The highest BCUT2D eigenvalue weighted by Crippen LogP contribution is 2.34. The van der Waals surface area contributed by atoms with E-state index in [0.717, 1.165) is 44.6 Å². The minimum atomic E-state index is 0.156. The van der Waals surface area contributed by atoms with Crippen molar-refractivity contribution in [3.8, 4) is 0 Å². The summed E-state index contributed by atoms with van der Waals surface area (Å²) in [6.07, 6.45) is 2.70. The first-order valence-electron chi connectivity index (χ1n) is 9.90. The Morgan fingerprint density at radius 2 is 1.89 bits per heavy atom. The molecule has 0 radical (unpaired) electrons. The zero-order valence-corrected chi connectivity index (χ0v) is 17.0. The highest BCUT2D eigenvalue weighted by molar-refractivity contribution is 7.08. The Morgan fingerprint density at radius 3 is 2.56 bits per heavy atom. The molecule has 0 unspecified atom stereocenters. The Morgan fingerprint density at radius 1 is 1.15 bits per heavy atom. The van der Waals surface area contributed by atoms with Gasteiger partial charge in [0.15, 0.2) is 0 Å². The molecule has 3 heterocycles. The van der Waals surface area contributed by atoms with Gasteiger partial charge >= 0.3 is 0 Å². The van der Waals surface area contributed by atoms with Gasteiger partial charge in [0.25, 0.3) is 5.91 Å². The number of thiophene rings is 1. The van der Waals surface area contributed by atoms with Crippen molar-refractivity contribution in [2.45, 2.75) is 51.5 Å². The molecule has 4 nitrogen and oxygen atoms in total. The number of carbonyl (C=O) groups excluding carboxylic acids is 1. The second-order valence-electron chi connectivity index (χ2n) is 7.86. The van der Waals surface area contributed by atoms with E-state index in [1.54, 1.807) is 11.3 Å². The number of benzene rings is 1. The molecule has 1 aromatic heterocycles. The van der Waals surface area contributed by atoms with E-state index in [0.29, 0.717) is 0 Å². The topological polar surface area (TPSA) is 32.8 Å². The van der Waals surface area contributed by atoms with Gasteiger partial charge in [-0.25, -0.2) is 0 Å². The van der Waals surface area contributed by atoms with Crippen molar-refractivity contribution in [3.05, 3.63) is 57.8 Å². The predicted molar refractivity (Wildman–Crippen MR) is 109 cm³/mol. The molecule has 0 spiro atoms. The van der Waals surface area contributed by atoms with E-state index in [1.807, 2.05) is 17.0 Å². The van der Waals surface area contributed by atoms with E-state index < -0.39 is 0 Å². The molecule has 2 aliphatic rings. The SMILES string of the molecule is C[C@@H]1CN(Cc2ccc(C(=O)N3CCC[C@H]3c3ccsc3)cc2)C[C@@H](C)O1. The summed E-state index contributed by atoms with van der Waals surface area (Å²) >= 11 is 1.70. The van der Waals surface area contributed by atoms with Crippen LogP contribution in [0.15, 0.2) is 41.1 Å². The van der Waals surface area contributed by atoms with Crippen molar-refractivity contribution >= 4 is 17.2 Å². The van der Waals surface area contributed by atoms with Crippen LogP contribution in [-0.4, -0.2) is 47.5 Å². The number of rotatable bonds is 4. The molecule has 0 saturated carbocycles. The molecule has 144 valence electrons. The first-order chi connectivity index (χ1) is 13.1. The third kappa shape index (κ3) is 4.26. The quantitative estimate of drug-likeness (QED) is 0.786. The van der Waals surface area contributed by atoms with Crippen LogP contribution in [0.5, 0.6) is 0 Å². The van der Waals surface area contributed by atoms with Crippen LogP contribution in [0.4, 0.5) is 0 Å². The lowest BCUT2D eigenvalue weighted by molar-refractivity contribution is -0.0704. The molecule has 3 atom stereocenters. The van der Waals surface area contributed by atoms with E-state index in [-0.39, 0.29) is 24.2 Å². The fourth-order valence-corrected chi connectivity index (χ4v) is 5.12. The van der Waals surface area contributed by atoms with E-state index in [1.165, 1.54) is 11.1 Å². The van der Waals surface area contributed by atoms with Crippen LogP contribution in [0, 0.1) is 0 Å². The van der Waals surface area contributed by atoms with Crippen molar-refractivity contribution in [1.29, 1.82) is 0 Å². The van der Waals surface area contributed by atoms with Crippen molar-refractivity contribution in [1.82, 2.24) is 9.80 Å². The molecule has 1 amide bonds. The number of likely N-dealkylation sites (tertiary alicyclic amines) is 1. The molecule has 2 aromatic rings. The van der Waals surface area contributed by atoms with Gasteiger partial charge in [-0.3, -0.25) is 9.69 Å². The van der Waals surface area contributed by atoms with Gasteiger partial charge in [-0.15, -0.1) is 0 Å². The van der Waals surface area contributed by atoms with Crippen molar-refractivity contribution in [3.63, 3.8) is 0 Å². The summed E-state index contributed by atoms with van der Waals surface area (Å²) in [4.78, 5) is 17.5. The smallest absolute Gasteiger partial charge is 0.254 e. The Bertz CT molecular complexity index is 749. The summed E-state index contributed by atoms with van der Waals surface area (Å²) in [6.45, 7) is 7.94. The number of hydrogen-bond acceptors (Lipinski definition) is 4. The van der Waals surface area contributed by atoms with Crippen molar-refractivity contribution in [2.24, 2.45) is 0 Å². The molecule has 2 aliphatic heterocycles. The minimum Gasteiger partial charge on any atom is -0.373 e. The molecule has 1 aromatic carbocycles. The van der Waals surface area contributed by atoms with Crippen LogP contribution in [0.3, 0.4) is 0 Å². The molecular formula is C22H28N2O2S. The van der Waals surface area contributed by atoms with Crippen LogP contribution < -0.4 is 0 Å². The van der Waals surface area contributed by atoms with Gasteiger partial charge in [0.2, 0.25) is 0 Å². The zero-order valence-electron chi connectivity index (χ0n) is 16.1. The van der Waals surface area contributed by atoms with Crippen LogP contribution in [0.1, 0.15) is 54.2 Å². The van der Waals surface area contributed by atoms with Crippen molar-refractivity contribution < 1.29 is 9.53 Å². The fraction of sp³-hybridized carbons (Fsp3) is 0.500. The third-order valence-electron chi connectivity index (χ3n) is 5.54. The second-order valence-corrected chi connectivity index (χ2v) is 8.64. The van der Waals surface area contributed by atoms with Gasteiger partial charge in [0.1, 0.15) is 0 Å². The summed E-state index contributed by atoms with van der Waals surface area (Å²) in [6, 6.07) is 10.6. The molecular weight excluding hydrogens is 356 g/mol. The highest BCUT2D eigenvalue weighted by Gasteiger charge is 2.30. The van der Waals surface area contributed by atoms with E-state index >= 15 is 0 Å². The molecule has 2 saturated heterocycles. The Labute approximate surface area is 165 Å². The molecule has 0 bridgehead atoms. The molecule has 5 heteroatoms. The maximum absolute atomic E-state index is 13.0. The second kappa shape index (κ2) is 8.13. The Hall–Kier alpha value is -1.69. The van der Waals surface area contributed by atoms with E-state index in [4.69, 9.17) is 4.74 Å². The highest BCUT2D eigenvalue weighted by atomic mass is 32.1. The average molecular weight is 385 g/mol. The summed E-state index contributed by atoms with van der Waals surface area (Å²) in [5.74, 6) is 0.156. The van der Waals surface area contributed by atoms with Gasteiger partial charge < -0.3 is 9.64 Å². The number of morpholine rings is 1. The Balaban J connectivity index is 1.42. The first kappa shape index (κ1) is 18.7. The maximum atomic E-state index is 13.0. The number of amides is 1. The summed E-state index contributed by atoms with van der Waals surface area (Å²) in [7, 11) is 0. The number of carbonyl (C=O) groups is 1. The standard InChI is InChI=1S/C22H28N2O2S/c1-16-12-23(13-17(2)26-16)14-18-5-7-19(8-6-18)22(25)24-10-3-4-21(24)20-9-11-27-15-20/h5-9,11,15-17,21H,3-4,10,12-14H2,1-2H3/t16-,17-,21+/m1/s1. The van der Waals surface area contributed by atoms with Crippen LogP contribution >= 0.6 is 11.3 Å². The predicted octanol–water partition coefficient (Wildman–Crippen LogP) is 4.33. The minimum absolute atomic E-state index is 0.156. The van der Waals surface area contributed by atoms with Gasteiger partial charge in [-0.05, 0) is 66.8 Å². The molecule has 0 aliphatic carbocycles. The van der Waals surface area contributed by atoms with Gasteiger partial charge in [-0.1, -0.05) is 12.1 Å². The van der Waals surface area contributed by atoms with Crippen LogP contribution in [0.25, 0.3) is 0 Å². The lowest BCUT2D eigenvalue weighted by Gasteiger charge is -2.35. The lowest BCUT2D eigenvalue weighted by Crippen LogP contribution is -2.44. The average Bonchev–Trinajstić information content (AvgIpc) is 3.32. The molecule has 0 N–H and O–H groups in total. The molecule has 2 fully saturated rings. The van der Waals surface area contributed by atoms with Crippen LogP contribution in [0.2, 0.25) is 0 Å². The van der Waals surface area contributed by atoms with Crippen LogP contribution in [-0.2, 0) is 11.3 Å². The zero-order chi connectivity index (χ0) is 18.8. The number of hydrogen-bond donors (Lipinski definition) is 0. The first-order valence-corrected chi connectivity index (χ1v) is 10.8. The number of ether oxygens (including phenoxy) is 1. The fourth-order valence-electron chi connectivity index (χ4n) is 4.41. The van der Waals surface area contributed by atoms with Gasteiger partial charge in [0.05, 0.1) is 18.2 Å². The number of nitrogens with zero attached hydrogens (tertiary/aromatic N) is 2. The monoisotopic (exact) mass is 384 g/mol. The normalized spacial score (nSPS) is 26.4. The summed E-state index contributed by atoms with van der Waals surface area (Å²) in [5, 5.41) is 4.27. The molecule has 4 rings (SSSR count). The van der Waals surface area contributed by atoms with E-state index in [9.17, 15) is 4.79 Å². The lowest BCUT2D eigenvalue weighted by atomic mass is 10.1. The Kier molecular flexibility index (Phi) is 5.62. The maximum Gasteiger partial charge on any atom is 0.254 e.